The lowest BCUT2D eigenvalue weighted by Crippen LogP contribution is -2.34. The van der Waals surface area contributed by atoms with Gasteiger partial charge in [0.25, 0.3) is 0 Å². The summed E-state index contributed by atoms with van der Waals surface area (Å²) in [5.74, 6) is 0.999. The normalized spacial score (nSPS) is 21.1. The molecule has 1 atom stereocenters. The van der Waals surface area contributed by atoms with Crippen molar-refractivity contribution in [2.24, 2.45) is 7.05 Å². The highest BCUT2D eigenvalue weighted by molar-refractivity contribution is 5.57. The molecular formula is C13H20N4. The van der Waals surface area contributed by atoms with Gasteiger partial charge in [-0.1, -0.05) is 12.8 Å². The van der Waals surface area contributed by atoms with Crippen LogP contribution in [0.15, 0.2) is 0 Å². The van der Waals surface area contributed by atoms with Crippen LogP contribution in [0.1, 0.15) is 43.9 Å². The maximum atomic E-state index is 9.27. The smallest absolute Gasteiger partial charge is 0.145 e. The minimum absolute atomic E-state index is 0.499. The van der Waals surface area contributed by atoms with Crippen molar-refractivity contribution < 1.29 is 0 Å². The summed E-state index contributed by atoms with van der Waals surface area (Å²) in [6, 6.07) is 2.80. The third-order valence-electron chi connectivity index (χ3n) is 3.63. The van der Waals surface area contributed by atoms with Crippen LogP contribution >= 0.6 is 0 Å². The Bertz CT molecular complexity index is 441. The Kier molecular flexibility index (Phi) is 3.37. The molecule has 1 unspecified atom stereocenters. The van der Waals surface area contributed by atoms with E-state index < -0.39 is 0 Å². The Labute approximate surface area is 103 Å². The molecule has 92 valence electrons. The van der Waals surface area contributed by atoms with Crippen molar-refractivity contribution in [3.8, 4) is 6.07 Å². The van der Waals surface area contributed by atoms with Gasteiger partial charge < -0.3 is 4.90 Å². The van der Waals surface area contributed by atoms with E-state index in [0.29, 0.717) is 6.04 Å². The monoisotopic (exact) mass is 232 g/mol. The van der Waals surface area contributed by atoms with Crippen LogP contribution in [0.5, 0.6) is 0 Å². The van der Waals surface area contributed by atoms with E-state index in [1.54, 1.807) is 0 Å². The molecule has 1 fully saturated rings. The molecule has 0 N–H and O–H groups in total. The van der Waals surface area contributed by atoms with E-state index in [4.69, 9.17) is 0 Å². The Balaban J connectivity index is 2.41. The third-order valence-corrected chi connectivity index (χ3v) is 3.63. The number of nitrogens with zero attached hydrogens (tertiary/aromatic N) is 4. The molecule has 4 heteroatoms. The van der Waals surface area contributed by atoms with Crippen LogP contribution in [0.25, 0.3) is 0 Å². The van der Waals surface area contributed by atoms with Crippen LogP contribution in [-0.2, 0) is 7.05 Å². The second-order valence-corrected chi connectivity index (χ2v) is 4.91. The first-order valence-electron chi connectivity index (χ1n) is 6.35. The maximum absolute atomic E-state index is 9.27. The standard InChI is InChI=1S/C13H20N4/c1-10-7-5-4-6-8-17(10)13-12(9-14)11(2)15-16(13)3/h10H,4-8H2,1-3H3. The van der Waals surface area contributed by atoms with E-state index in [1.165, 1.54) is 25.7 Å². The number of nitriles is 1. The van der Waals surface area contributed by atoms with Crippen molar-refractivity contribution in [3.05, 3.63) is 11.3 Å². The lowest BCUT2D eigenvalue weighted by atomic mass is 10.1. The largest absolute Gasteiger partial charge is 0.353 e. The lowest BCUT2D eigenvalue weighted by molar-refractivity contribution is 0.593. The molecule has 1 aromatic rings. The highest BCUT2D eigenvalue weighted by atomic mass is 15.4. The number of hydrogen-bond donors (Lipinski definition) is 0. The molecule has 4 nitrogen and oxygen atoms in total. The van der Waals surface area contributed by atoms with E-state index in [-0.39, 0.29) is 0 Å². The first-order valence-corrected chi connectivity index (χ1v) is 6.35. The Morgan fingerprint density at radius 3 is 2.82 bits per heavy atom. The zero-order valence-electron chi connectivity index (χ0n) is 10.9. The summed E-state index contributed by atoms with van der Waals surface area (Å²) in [6.07, 6.45) is 4.99. The van der Waals surface area contributed by atoms with E-state index in [9.17, 15) is 5.26 Å². The summed E-state index contributed by atoms with van der Waals surface area (Å²) < 4.78 is 1.86. The molecule has 1 saturated heterocycles. The molecule has 1 aliphatic rings. The van der Waals surface area contributed by atoms with Crippen molar-refractivity contribution in [1.82, 2.24) is 9.78 Å². The molecular weight excluding hydrogens is 212 g/mol. The van der Waals surface area contributed by atoms with E-state index in [1.807, 2.05) is 18.7 Å². The molecule has 0 aliphatic carbocycles. The first-order chi connectivity index (χ1) is 8.15. The molecule has 0 bridgehead atoms. The van der Waals surface area contributed by atoms with Crippen LogP contribution in [-0.4, -0.2) is 22.4 Å². The van der Waals surface area contributed by atoms with Crippen LogP contribution < -0.4 is 4.90 Å². The van der Waals surface area contributed by atoms with Crippen molar-refractivity contribution in [2.45, 2.75) is 45.6 Å². The number of aryl methyl sites for hydroxylation is 2. The highest BCUT2D eigenvalue weighted by Gasteiger charge is 2.24. The van der Waals surface area contributed by atoms with Crippen LogP contribution in [0, 0.1) is 18.3 Å². The number of aromatic nitrogens is 2. The Hall–Kier alpha value is -1.50. The molecule has 1 aliphatic heterocycles. The summed E-state index contributed by atoms with van der Waals surface area (Å²) in [7, 11) is 1.93. The molecule has 0 spiro atoms. The van der Waals surface area contributed by atoms with Gasteiger partial charge in [-0.05, 0) is 26.7 Å². The van der Waals surface area contributed by atoms with Crippen molar-refractivity contribution >= 4 is 5.82 Å². The minimum Gasteiger partial charge on any atom is -0.353 e. The van der Waals surface area contributed by atoms with Gasteiger partial charge in [0.1, 0.15) is 17.5 Å². The molecule has 0 radical (unpaired) electrons. The quantitative estimate of drug-likeness (QED) is 0.746. The predicted molar refractivity (Wildman–Crippen MR) is 67.9 cm³/mol. The van der Waals surface area contributed by atoms with Gasteiger partial charge in [-0.3, -0.25) is 4.68 Å². The maximum Gasteiger partial charge on any atom is 0.145 e. The molecule has 17 heavy (non-hydrogen) atoms. The average Bonchev–Trinajstić information content (AvgIpc) is 2.46. The SMILES string of the molecule is Cc1nn(C)c(N2CCCCCC2C)c1C#N. The zero-order chi connectivity index (χ0) is 12.4. The van der Waals surface area contributed by atoms with Gasteiger partial charge in [-0.25, -0.2) is 0 Å². The number of anilines is 1. The summed E-state index contributed by atoms with van der Waals surface area (Å²) in [4.78, 5) is 2.35. The summed E-state index contributed by atoms with van der Waals surface area (Å²) in [5.41, 5.74) is 1.57. The van der Waals surface area contributed by atoms with E-state index in [0.717, 1.165) is 23.6 Å². The van der Waals surface area contributed by atoms with Gasteiger partial charge in [0.2, 0.25) is 0 Å². The van der Waals surface area contributed by atoms with Gasteiger partial charge in [0.15, 0.2) is 0 Å². The third kappa shape index (κ3) is 2.14. The molecule has 2 rings (SSSR count). The predicted octanol–water partition coefficient (Wildman–Crippen LogP) is 2.37. The van der Waals surface area contributed by atoms with Gasteiger partial charge in [-0.2, -0.15) is 10.4 Å². The Morgan fingerprint density at radius 1 is 1.35 bits per heavy atom. The summed E-state index contributed by atoms with van der Waals surface area (Å²) in [5, 5.41) is 13.6. The van der Waals surface area contributed by atoms with Crippen LogP contribution in [0.4, 0.5) is 5.82 Å². The first kappa shape index (κ1) is 12.0. The Morgan fingerprint density at radius 2 is 2.12 bits per heavy atom. The highest BCUT2D eigenvalue weighted by Crippen LogP contribution is 2.28. The van der Waals surface area contributed by atoms with Crippen LogP contribution in [0.2, 0.25) is 0 Å². The fourth-order valence-electron chi connectivity index (χ4n) is 2.70. The number of hydrogen-bond acceptors (Lipinski definition) is 3. The van der Waals surface area contributed by atoms with Gasteiger partial charge in [0, 0.05) is 19.6 Å². The molecule has 0 amide bonds. The molecule has 2 heterocycles. The molecule has 1 aromatic heterocycles. The average molecular weight is 232 g/mol. The van der Waals surface area contributed by atoms with Gasteiger partial charge >= 0.3 is 0 Å². The van der Waals surface area contributed by atoms with Gasteiger partial charge in [-0.15, -0.1) is 0 Å². The van der Waals surface area contributed by atoms with E-state index >= 15 is 0 Å². The molecule has 0 aromatic carbocycles. The number of rotatable bonds is 1. The molecule has 0 saturated carbocycles. The van der Waals surface area contributed by atoms with Crippen molar-refractivity contribution in [3.63, 3.8) is 0 Å². The second kappa shape index (κ2) is 4.79. The fraction of sp³-hybridized carbons (Fsp3) is 0.692. The van der Waals surface area contributed by atoms with E-state index in [2.05, 4.69) is 23.0 Å². The van der Waals surface area contributed by atoms with Crippen LogP contribution in [0.3, 0.4) is 0 Å². The van der Waals surface area contributed by atoms with Crippen molar-refractivity contribution in [1.29, 1.82) is 5.26 Å². The van der Waals surface area contributed by atoms with Gasteiger partial charge in [0.05, 0.1) is 5.69 Å². The summed E-state index contributed by atoms with van der Waals surface area (Å²) >= 11 is 0. The zero-order valence-corrected chi connectivity index (χ0v) is 10.9. The summed E-state index contributed by atoms with van der Waals surface area (Å²) in [6.45, 7) is 5.19. The second-order valence-electron chi connectivity index (χ2n) is 4.91. The minimum atomic E-state index is 0.499. The topological polar surface area (TPSA) is 44.9 Å². The van der Waals surface area contributed by atoms with Crippen molar-refractivity contribution in [2.75, 3.05) is 11.4 Å². The fourth-order valence-corrected chi connectivity index (χ4v) is 2.70. The lowest BCUT2D eigenvalue weighted by Gasteiger charge is -2.29.